The van der Waals surface area contributed by atoms with Gasteiger partial charge >= 0.3 is 6.03 Å². The Morgan fingerprint density at radius 1 is 1.31 bits per heavy atom. The number of rotatable bonds is 4. The number of thiol groups is 1. The fraction of sp³-hybridized carbons (Fsp3) is 0.125. The van der Waals surface area contributed by atoms with Gasteiger partial charge in [0.15, 0.2) is 11.5 Å². The highest BCUT2D eigenvalue weighted by Crippen LogP contribution is 2.28. The molecule has 10 heteroatoms. The molecule has 0 aliphatic heterocycles. The average Bonchev–Trinajstić information content (AvgIpc) is 2.63. The summed E-state index contributed by atoms with van der Waals surface area (Å²) in [4.78, 5) is 24.8. The molecule has 1 aromatic carbocycles. The molecule has 0 bridgehead atoms. The Hall–Kier alpha value is -2.78. The van der Waals surface area contributed by atoms with Crippen LogP contribution in [-0.2, 0) is 0 Å². The van der Waals surface area contributed by atoms with Crippen LogP contribution >= 0.6 is 24.4 Å². The summed E-state index contributed by atoms with van der Waals surface area (Å²) in [6.45, 7) is 2.28. The van der Waals surface area contributed by atoms with Gasteiger partial charge in [-0.25, -0.2) is 24.1 Å². The van der Waals surface area contributed by atoms with Crippen molar-refractivity contribution in [1.29, 1.82) is 0 Å². The SMILES string of the molecule is CCNC(=O)N(S)c1ccc2ncc(Nc3cc(O)ccc3Cl)nc2n1. The Kier molecular flexibility index (Phi) is 5.29. The smallest absolute Gasteiger partial charge is 0.333 e. The lowest BCUT2D eigenvalue weighted by Crippen LogP contribution is -2.34. The summed E-state index contributed by atoms with van der Waals surface area (Å²) >= 11 is 10.3. The molecule has 2 amide bonds. The Morgan fingerprint density at radius 3 is 2.88 bits per heavy atom. The number of aromatic hydroxyl groups is 1. The number of nitrogens with one attached hydrogen (secondary N) is 2. The lowest BCUT2D eigenvalue weighted by molar-refractivity contribution is 0.250. The number of hydrogen-bond acceptors (Lipinski definition) is 7. The Morgan fingerprint density at radius 2 is 2.12 bits per heavy atom. The van der Waals surface area contributed by atoms with E-state index < -0.39 is 6.03 Å². The minimum atomic E-state index is -0.392. The number of fused-ring (bicyclic) bond motifs is 1. The maximum Gasteiger partial charge on any atom is 0.333 e. The molecule has 2 heterocycles. The van der Waals surface area contributed by atoms with E-state index in [1.54, 1.807) is 18.2 Å². The molecule has 8 nitrogen and oxygen atoms in total. The van der Waals surface area contributed by atoms with Crippen LogP contribution in [0.4, 0.5) is 22.1 Å². The van der Waals surface area contributed by atoms with Gasteiger partial charge in [0.2, 0.25) is 0 Å². The van der Waals surface area contributed by atoms with Crippen LogP contribution in [0, 0.1) is 0 Å². The zero-order valence-corrected chi connectivity index (χ0v) is 15.3. The van der Waals surface area contributed by atoms with Crippen LogP contribution in [0.25, 0.3) is 11.2 Å². The van der Waals surface area contributed by atoms with Gasteiger partial charge in [-0.05, 0) is 31.2 Å². The number of halogens is 1. The number of carbonyl (C=O) groups excluding carboxylic acids is 1. The van der Waals surface area contributed by atoms with E-state index in [-0.39, 0.29) is 5.75 Å². The van der Waals surface area contributed by atoms with Gasteiger partial charge in [-0.15, -0.1) is 0 Å². The minimum Gasteiger partial charge on any atom is -0.508 e. The number of pyridine rings is 1. The Labute approximate surface area is 159 Å². The third-order valence-electron chi connectivity index (χ3n) is 3.34. The molecule has 3 N–H and O–H groups in total. The fourth-order valence-electron chi connectivity index (χ4n) is 2.14. The standard InChI is InChI=1S/C16H15ClN6O2S/c1-2-18-16(25)23(26)14-6-5-11-15(22-14)21-13(8-19-11)20-12-7-9(24)3-4-10(12)17/h3-8,24,26H,2H2,1H3,(H,18,25)(H,20,21,22). The molecule has 0 spiro atoms. The van der Waals surface area contributed by atoms with Crippen molar-refractivity contribution in [3.63, 3.8) is 0 Å². The molecular weight excluding hydrogens is 376 g/mol. The van der Waals surface area contributed by atoms with E-state index in [1.165, 1.54) is 18.3 Å². The molecule has 0 aliphatic rings. The summed E-state index contributed by atoms with van der Waals surface area (Å²) in [7, 11) is 0. The van der Waals surface area contributed by atoms with Gasteiger partial charge in [0.1, 0.15) is 17.1 Å². The van der Waals surface area contributed by atoms with Gasteiger partial charge in [-0.3, -0.25) is 0 Å². The van der Waals surface area contributed by atoms with Crippen molar-refractivity contribution >= 4 is 58.9 Å². The topological polar surface area (TPSA) is 103 Å². The van der Waals surface area contributed by atoms with E-state index in [4.69, 9.17) is 11.6 Å². The van der Waals surface area contributed by atoms with Crippen LogP contribution < -0.4 is 14.9 Å². The number of benzene rings is 1. The van der Waals surface area contributed by atoms with Crippen molar-refractivity contribution in [2.45, 2.75) is 6.92 Å². The minimum absolute atomic E-state index is 0.0683. The van der Waals surface area contributed by atoms with Gasteiger partial charge < -0.3 is 15.7 Å². The second-order valence-electron chi connectivity index (χ2n) is 5.20. The maximum atomic E-state index is 11.9. The number of phenolic OH excluding ortho intramolecular Hbond substituents is 1. The molecule has 26 heavy (non-hydrogen) atoms. The lowest BCUT2D eigenvalue weighted by atomic mass is 10.3. The molecule has 3 rings (SSSR count). The summed E-state index contributed by atoms with van der Waals surface area (Å²) < 4.78 is 1.09. The largest absolute Gasteiger partial charge is 0.508 e. The summed E-state index contributed by atoms with van der Waals surface area (Å²) in [6.07, 6.45) is 1.52. The van der Waals surface area contributed by atoms with Gasteiger partial charge in [0.25, 0.3) is 0 Å². The molecule has 2 aromatic heterocycles. The van der Waals surface area contributed by atoms with Crippen molar-refractivity contribution in [3.05, 3.63) is 41.6 Å². The highest BCUT2D eigenvalue weighted by molar-refractivity contribution is 7.82. The quantitative estimate of drug-likeness (QED) is 0.508. The number of anilines is 3. The lowest BCUT2D eigenvalue weighted by Gasteiger charge is -2.15. The Bertz CT molecular complexity index is 971. The van der Waals surface area contributed by atoms with E-state index in [2.05, 4.69) is 38.4 Å². The number of hydrogen-bond donors (Lipinski definition) is 4. The van der Waals surface area contributed by atoms with Crippen LogP contribution in [0.3, 0.4) is 0 Å². The molecule has 0 saturated heterocycles. The summed E-state index contributed by atoms with van der Waals surface area (Å²) in [6, 6.07) is 7.45. The zero-order chi connectivity index (χ0) is 18.7. The molecule has 0 saturated carbocycles. The number of urea groups is 1. The fourth-order valence-corrected chi connectivity index (χ4v) is 2.49. The van der Waals surface area contributed by atoms with Gasteiger partial charge in [-0.2, -0.15) is 0 Å². The van der Waals surface area contributed by atoms with Crippen molar-refractivity contribution in [2.24, 2.45) is 0 Å². The van der Waals surface area contributed by atoms with E-state index in [1.807, 2.05) is 6.92 Å². The summed E-state index contributed by atoms with van der Waals surface area (Å²) in [5, 5.41) is 15.6. The molecule has 134 valence electrons. The normalized spacial score (nSPS) is 10.6. The first-order valence-electron chi connectivity index (χ1n) is 7.64. The summed E-state index contributed by atoms with van der Waals surface area (Å²) in [5.74, 6) is 0.769. The zero-order valence-electron chi connectivity index (χ0n) is 13.6. The number of phenols is 1. The number of carbonyl (C=O) groups is 1. The van der Waals surface area contributed by atoms with Crippen molar-refractivity contribution in [1.82, 2.24) is 20.3 Å². The molecular formula is C16H15ClN6O2S. The van der Waals surface area contributed by atoms with Gasteiger partial charge in [0.05, 0.1) is 16.9 Å². The average molecular weight is 391 g/mol. The molecule has 0 atom stereocenters. The van der Waals surface area contributed by atoms with Crippen LogP contribution in [0.5, 0.6) is 5.75 Å². The number of amides is 2. The van der Waals surface area contributed by atoms with Gasteiger partial charge in [-0.1, -0.05) is 24.4 Å². The first-order valence-corrected chi connectivity index (χ1v) is 8.42. The molecule has 0 unspecified atom stereocenters. The highest BCUT2D eigenvalue weighted by Gasteiger charge is 2.14. The number of nitrogens with zero attached hydrogens (tertiary/aromatic N) is 4. The van der Waals surface area contributed by atoms with E-state index in [9.17, 15) is 9.90 Å². The van der Waals surface area contributed by atoms with Gasteiger partial charge in [0, 0.05) is 12.6 Å². The monoisotopic (exact) mass is 390 g/mol. The predicted molar refractivity (Wildman–Crippen MR) is 104 cm³/mol. The van der Waals surface area contributed by atoms with Crippen molar-refractivity contribution < 1.29 is 9.90 Å². The van der Waals surface area contributed by atoms with E-state index >= 15 is 0 Å². The van der Waals surface area contributed by atoms with Crippen molar-refractivity contribution in [3.8, 4) is 5.75 Å². The molecule has 0 aliphatic carbocycles. The van der Waals surface area contributed by atoms with Crippen LogP contribution in [0.15, 0.2) is 36.5 Å². The molecule has 3 aromatic rings. The first-order chi connectivity index (χ1) is 12.5. The Balaban J connectivity index is 1.92. The first kappa shape index (κ1) is 18.0. The maximum absolute atomic E-state index is 11.9. The number of aromatic nitrogens is 3. The second kappa shape index (κ2) is 7.63. The van der Waals surface area contributed by atoms with Crippen LogP contribution in [-0.4, -0.2) is 32.6 Å². The second-order valence-corrected chi connectivity index (χ2v) is 6.01. The molecule has 0 radical (unpaired) electrons. The van der Waals surface area contributed by atoms with Crippen LogP contribution in [0.1, 0.15) is 6.92 Å². The van der Waals surface area contributed by atoms with E-state index in [0.29, 0.717) is 40.1 Å². The van der Waals surface area contributed by atoms with Crippen LogP contribution in [0.2, 0.25) is 5.02 Å². The third kappa shape index (κ3) is 3.89. The third-order valence-corrected chi connectivity index (χ3v) is 4.06. The van der Waals surface area contributed by atoms with Crippen molar-refractivity contribution in [2.75, 3.05) is 16.2 Å². The molecule has 0 fully saturated rings. The van der Waals surface area contributed by atoms with E-state index in [0.717, 1.165) is 4.31 Å². The predicted octanol–water partition coefficient (Wildman–Crippen LogP) is 3.51. The summed E-state index contributed by atoms with van der Waals surface area (Å²) in [5.41, 5.74) is 1.36. The highest BCUT2D eigenvalue weighted by atomic mass is 35.5.